The number of hydrogen-bond donors (Lipinski definition) is 1. The van der Waals surface area contributed by atoms with E-state index in [0.29, 0.717) is 11.1 Å². The number of nitrogens with one attached hydrogen (secondary N) is 1. The van der Waals surface area contributed by atoms with E-state index < -0.39 is 28.3 Å². The van der Waals surface area contributed by atoms with Crippen LogP contribution in [0.4, 0.5) is 15.8 Å². The van der Waals surface area contributed by atoms with Gasteiger partial charge in [0.1, 0.15) is 6.54 Å². The summed E-state index contributed by atoms with van der Waals surface area (Å²) in [5.74, 6) is -1.43. The molecular weight excluding hydrogens is 379 g/mol. The number of anilines is 2. The molecule has 1 aliphatic rings. The maximum atomic E-state index is 13.9. The highest BCUT2D eigenvalue weighted by molar-refractivity contribution is 7.93. The van der Waals surface area contributed by atoms with Gasteiger partial charge < -0.3 is 5.32 Å². The molecule has 0 bridgehead atoms. The molecule has 8 heteroatoms. The van der Waals surface area contributed by atoms with E-state index in [-0.39, 0.29) is 15.6 Å². The van der Waals surface area contributed by atoms with Crippen LogP contribution in [0.1, 0.15) is 0 Å². The number of nitrogens with zero attached hydrogens (tertiary/aromatic N) is 1. The molecule has 0 saturated carbocycles. The average molecular weight is 391 g/mol. The highest BCUT2D eigenvalue weighted by Crippen LogP contribution is 2.41. The van der Waals surface area contributed by atoms with Crippen LogP contribution in [0.3, 0.4) is 0 Å². The lowest BCUT2D eigenvalue weighted by molar-refractivity contribution is -0.114. The van der Waals surface area contributed by atoms with Crippen LogP contribution in [0.25, 0.3) is 10.8 Å². The Bertz CT molecular complexity index is 1160. The summed E-state index contributed by atoms with van der Waals surface area (Å²) in [7, 11) is -3.85. The molecule has 0 atom stereocenters. The van der Waals surface area contributed by atoms with Crippen molar-refractivity contribution in [3.8, 4) is 0 Å². The van der Waals surface area contributed by atoms with Crippen molar-refractivity contribution < 1.29 is 17.6 Å². The Kier molecular flexibility index (Phi) is 3.86. The van der Waals surface area contributed by atoms with E-state index in [4.69, 9.17) is 11.6 Å². The lowest BCUT2D eigenvalue weighted by Gasteiger charge is -2.18. The fraction of sp³-hybridized carbons (Fsp3) is 0.0556. The molecule has 0 aliphatic carbocycles. The molecule has 0 aromatic heterocycles. The van der Waals surface area contributed by atoms with E-state index >= 15 is 0 Å². The molecule has 132 valence electrons. The highest BCUT2D eigenvalue weighted by atomic mass is 35.5. The quantitative estimate of drug-likeness (QED) is 0.740. The lowest BCUT2D eigenvalue weighted by atomic mass is 10.1. The van der Waals surface area contributed by atoms with Gasteiger partial charge in [0, 0.05) is 5.39 Å². The van der Waals surface area contributed by atoms with Crippen molar-refractivity contribution >= 4 is 49.7 Å². The van der Waals surface area contributed by atoms with Gasteiger partial charge in [-0.05, 0) is 29.7 Å². The maximum absolute atomic E-state index is 13.9. The normalized spacial score (nSPS) is 14.6. The Labute approximate surface area is 154 Å². The van der Waals surface area contributed by atoms with Crippen LogP contribution >= 0.6 is 11.6 Å². The Balaban J connectivity index is 1.68. The van der Waals surface area contributed by atoms with Gasteiger partial charge in [0.05, 0.1) is 21.3 Å². The van der Waals surface area contributed by atoms with Gasteiger partial charge in [0.15, 0.2) is 5.82 Å². The minimum atomic E-state index is -3.85. The first-order chi connectivity index (χ1) is 12.4. The number of hydrogen-bond acceptors (Lipinski definition) is 3. The monoisotopic (exact) mass is 390 g/mol. The third-order valence-electron chi connectivity index (χ3n) is 4.19. The van der Waals surface area contributed by atoms with E-state index in [1.54, 1.807) is 18.2 Å². The molecule has 0 fully saturated rings. The molecule has 26 heavy (non-hydrogen) atoms. The summed E-state index contributed by atoms with van der Waals surface area (Å²) in [4.78, 5) is 12.5. The number of benzene rings is 3. The molecule has 1 heterocycles. The van der Waals surface area contributed by atoms with E-state index in [2.05, 4.69) is 5.32 Å². The van der Waals surface area contributed by atoms with Crippen LogP contribution in [-0.4, -0.2) is 20.9 Å². The van der Waals surface area contributed by atoms with Crippen LogP contribution in [0.5, 0.6) is 0 Å². The Hall–Kier alpha value is -2.64. The summed E-state index contributed by atoms with van der Waals surface area (Å²) >= 11 is 5.70. The number of amides is 1. The Morgan fingerprint density at radius 1 is 1.08 bits per heavy atom. The van der Waals surface area contributed by atoms with Crippen molar-refractivity contribution in [3.05, 3.63) is 65.4 Å². The van der Waals surface area contributed by atoms with Crippen molar-refractivity contribution in [2.24, 2.45) is 0 Å². The number of halogens is 2. The zero-order chi connectivity index (χ0) is 18.5. The number of carbonyl (C=O) groups excluding carboxylic acids is 1. The van der Waals surface area contributed by atoms with Crippen molar-refractivity contribution in [2.75, 3.05) is 16.2 Å². The summed E-state index contributed by atoms with van der Waals surface area (Å²) in [6, 6.07) is 14.4. The zero-order valence-electron chi connectivity index (χ0n) is 13.2. The van der Waals surface area contributed by atoms with Gasteiger partial charge in [-0.2, -0.15) is 0 Å². The minimum absolute atomic E-state index is 0.102. The largest absolute Gasteiger partial charge is 0.322 e. The van der Waals surface area contributed by atoms with Crippen molar-refractivity contribution in [3.63, 3.8) is 0 Å². The van der Waals surface area contributed by atoms with Gasteiger partial charge >= 0.3 is 0 Å². The zero-order valence-corrected chi connectivity index (χ0v) is 14.8. The predicted molar refractivity (Wildman–Crippen MR) is 98.5 cm³/mol. The number of sulfonamides is 1. The van der Waals surface area contributed by atoms with Gasteiger partial charge in [-0.15, -0.1) is 0 Å². The predicted octanol–water partition coefficient (Wildman–Crippen LogP) is 3.78. The molecule has 5 nitrogen and oxygen atoms in total. The van der Waals surface area contributed by atoms with Gasteiger partial charge in [-0.25, -0.2) is 12.8 Å². The molecule has 0 saturated heterocycles. The fourth-order valence-corrected chi connectivity index (χ4v) is 4.89. The third kappa shape index (κ3) is 2.51. The van der Waals surface area contributed by atoms with E-state index in [1.165, 1.54) is 24.3 Å². The summed E-state index contributed by atoms with van der Waals surface area (Å²) in [6.45, 7) is -0.470. The third-order valence-corrected chi connectivity index (χ3v) is 6.29. The lowest BCUT2D eigenvalue weighted by Crippen LogP contribution is -2.35. The first-order valence-electron chi connectivity index (χ1n) is 7.68. The molecule has 0 unspecified atom stereocenters. The van der Waals surface area contributed by atoms with E-state index in [0.717, 1.165) is 9.69 Å². The number of rotatable bonds is 3. The smallest absolute Gasteiger partial charge is 0.265 e. The average Bonchev–Trinajstić information content (AvgIpc) is 2.83. The van der Waals surface area contributed by atoms with Gasteiger partial charge in [0.25, 0.3) is 10.0 Å². The van der Waals surface area contributed by atoms with Crippen LogP contribution < -0.4 is 9.62 Å². The fourth-order valence-electron chi connectivity index (χ4n) is 3.05. The molecule has 1 aliphatic heterocycles. The Morgan fingerprint density at radius 3 is 2.54 bits per heavy atom. The van der Waals surface area contributed by atoms with Gasteiger partial charge in [-0.1, -0.05) is 41.9 Å². The van der Waals surface area contributed by atoms with Crippen LogP contribution in [-0.2, 0) is 14.8 Å². The van der Waals surface area contributed by atoms with Gasteiger partial charge in [-0.3, -0.25) is 9.10 Å². The summed E-state index contributed by atoms with van der Waals surface area (Å²) < 4.78 is 40.6. The second-order valence-corrected chi connectivity index (χ2v) is 8.03. The van der Waals surface area contributed by atoms with Crippen LogP contribution in [0.15, 0.2) is 59.5 Å². The summed E-state index contributed by atoms with van der Waals surface area (Å²) in [5, 5.41) is 3.59. The molecular formula is C18H12ClFN2O3S. The summed E-state index contributed by atoms with van der Waals surface area (Å²) in [6.07, 6.45) is 0. The molecule has 0 radical (unpaired) electrons. The molecule has 4 rings (SSSR count). The molecule has 0 spiro atoms. The van der Waals surface area contributed by atoms with Crippen molar-refractivity contribution in [1.29, 1.82) is 0 Å². The number of carbonyl (C=O) groups is 1. The highest BCUT2D eigenvalue weighted by Gasteiger charge is 2.36. The topological polar surface area (TPSA) is 66.5 Å². The second kappa shape index (κ2) is 5.96. The minimum Gasteiger partial charge on any atom is -0.322 e. The van der Waals surface area contributed by atoms with Crippen molar-refractivity contribution in [2.45, 2.75) is 4.90 Å². The molecule has 3 aromatic rings. The molecule has 1 amide bonds. The van der Waals surface area contributed by atoms with Gasteiger partial charge in [0.2, 0.25) is 5.91 Å². The van der Waals surface area contributed by atoms with Crippen molar-refractivity contribution in [1.82, 2.24) is 0 Å². The first-order valence-corrected chi connectivity index (χ1v) is 9.50. The van der Waals surface area contributed by atoms with E-state index in [1.807, 2.05) is 12.1 Å². The summed E-state index contributed by atoms with van der Waals surface area (Å²) in [5.41, 5.74) is 0.328. The molecule has 3 aromatic carbocycles. The second-order valence-electron chi connectivity index (χ2n) is 5.79. The van der Waals surface area contributed by atoms with E-state index in [9.17, 15) is 17.6 Å². The van der Waals surface area contributed by atoms with Crippen LogP contribution in [0.2, 0.25) is 5.02 Å². The Morgan fingerprint density at radius 2 is 1.77 bits per heavy atom. The maximum Gasteiger partial charge on any atom is 0.265 e. The van der Waals surface area contributed by atoms with Crippen LogP contribution in [0, 0.1) is 5.82 Å². The standard InChI is InChI=1S/C18H12ClFN2O3S/c19-12-6-3-7-13(18(12)20)21-16(23)10-22-14-8-1-4-11-5-2-9-15(17(11)14)26(22,24)25/h1-9H,10H2,(H,21,23). The first kappa shape index (κ1) is 16.8. The molecule has 1 N–H and O–H groups in total. The SMILES string of the molecule is O=C(CN1c2cccc3cccc(c23)S1(=O)=O)Nc1cccc(Cl)c1F.